The van der Waals surface area contributed by atoms with Crippen LogP contribution in [0.1, 0.15) is 17.3 Å². The molecule has 0 saturated carbocycles. The predicted molar refractivity (Wildman–Crippen MR) is 71.4 cm³/mol. The van der Waals surface area contributed by atoms with Crippen molar-refractivity contribution in [3.05, 3.63) is 39.0 Å². The normalized spacial score (nSPS) is 10.8. The highest BCUT2D eigenvalue weighted by Gasteiger charge is 2.15. The van der Waals surface area contributed by atoms with Crippen LogP contribution in [0.3, 0.4) is 0 Å². The summed E-state index contributed by atoms with van der Waals surface area (Å²) in [5.74, 6) is -0.229. The summed E-state index contributed by atoms with van der Waals surface area (Å²) in [4.78, 5) is 26.7. The highest BCUT2D eigenvalue weighted by molar-refractivity contribution is 7.98. The molecule has 0 aliphatic heterocycles. The van der Waals surface area contributed by atoms with Crippen molar-refractivity contribution >= 4 is 40.0 Å². The van der Waals surface area contributed by atoms with Crippen molar-refractivity contribution < 1.29 is 4.79 Å². The maximum Gasteiger partial charge on any atom is 0.201 e. The molecule has 2 aromatic rings. The van der Waals surface area contributed by atoms with Crippen LogP contribution in [0.25, 0.3) is 10.9 Å². The van der Waals surface area contributed by atoms with Crippen LogP contribution in [0.15, 0.2) is 28.0 Å². The Kier molecular flexibility index (Phi) is 3.26. The van der Waals surface area contributed by atoms with Gasteiger partial charge < -0.3 is 4.98 Å². The number of pyridine rings is 1. The number of Topliss-reactive ketones (excluding diaryl/α,β-unsaturated/α-hetero) is 1. The fourth-order valence-electron chi connectivity index (χ4n) is 1.71. The van der Waals surface area contributed by atoms with E-state index in [-0.39, 0.29) is 16.8 Å². The van der Waals surface area contributed by atoms with Crippen molar-refractivity contribution in [1.29, 1.82) is 0 Å². The second kappa shape index (κ2) is 4.55. The smallest absolute Gasteiger partial charge is 0.201 e. The largest absolute Gasteiger partial charge is 0.349 e. The van der Waals surface area contributed by atoms with E-state index >= 15 is 0 Å². The zero-order chi connectivity index (χ0) is 12.6. The molecule has 88 valence electrons. The van der Waals surface area contributed by atoms with Gasteiger partial charge in [-0.15, -0.1) is 11.8 Å². The van der Waals surface area contributed by atoms with Gasteiger partial charge in [0.2, 0.25) is 5.43 Å². The molecular weight excluding hydrogens is 258 g/mol. The van der Waals surface area contributed by atoms with Crippen molar-refractivity contribution in [1.82, 2.24) is 4.98 Å². The number of ketones is 1. The van der Waals surface area contributed by atoms with E-state index in [1.54, 1.807) is 18.2 Å². The molecule has 1 aromatic carbocycles. The summed E-state index contributed by atoms with van der Waals surface area (Å²) in [6.45, 7) is 1.39. The highest BCUT2D eigenvalue weighted by atomic mass is 35.5. The van der Waals surface area contributed by atoms with Gasteiger partial charge in [0.1, 0.15) is 0 Å². The number of thioether (sulfide) groups is 1. The van der Waals surface area contributed by atoms with Crippen LogP contribution < -0.4 is 5.43 Å². The van der Waals surface area contributed by atoms with Crippen LogP contribution in [0.4, 0.5) is 0 Å². The summed E-state index contributed by atoms with van der Waals surface area (Å²) >= 11 is 7.21. The number of aromatic amines is 1. The molecule has 0 fully saturated rings. The number of H-pyrrole nitrogens is 1. The molecule has 17 heavy (non-hydrogen) atoms. The van der Waals surface area contributed by atoms with Gasteiger partial charge in [0.05, 0.1) is 16.1 Å². The number of hydrogen-bond donors (Lipinski definition) is 1. The first-order valence-electron chi connectivity index (χ1n) is 4.95. The highest BCUT2D eigenvalue weighted by Crippen LogP contribution is 2.21. The van der Waals surface area contributed by atoms with E-state index in [9.17, 15) is 9.59 Å². The third-order valence-corrected chi connectivity index (χ3v) is 3.43. The van der Waals surface area contributed by atoms with Crippen molar-refractivity contribution in [2.45, 2.75) is 11.9 Å². The van der Waals surface area contributed by atoms with Crippen molar-refractivity contribution in [2.24, 2.45) is 0 Å². The number of fused-ring (bicyclic) bond motifs is 1. The first-order valence-corrected chi connectivity index (χ1v) is 6.55. The first kappa shape index (κ1) is 12.2. The molecule has 0 saturated heterocycles. The summed E-state index contributed by atoms with van der Waals surface area (Å²) < 4.78 is 0. The maximum absolute atomic E-state index is 12.2. The van der Waals surface area contributed by atoms with E-state index in [1.165, 1.54) is 18.7 Å². The second-order valence-corrected chi connectivity index (χ2v) is 4.86. The molecule has 2 rings (SSSR count). The number of carbonyl (C=O) groups excluding carboxylic acids is 1. The minimum atomic E-state index is -0.243. The van der Waals surface area contributed by atoms with Gasteiger partial charge in [-0.2, -0.15) is 0 Å². The lowest BCUT2D eigenvalue weighted by Crippen LogP contribution is -2.16. The summed E-state index contributed by atoms with van der Waals surface area (Å²) in [7, 11) is 0. The molecule has 0 spiro atoms. The van der Waals surface area contributed by atoms with E-state index in [1.807, 2.05) is 6.26 Å². The second-order valence-electron chi connectivity index (χ2n) is 3.61. The van der Waals surface area contributed by atoms with Crippen molar-refractivity contribution in [2.75, 3.05) is 6.26 Å². The molecule has 0 radical (unpaired) electrons. The number of benzene rings is 1. The Balaban J connectivity index is 2.93. The van der Waals surface area contributed by atoms with E-state index in [0.29, 0.717) is 21.0 Å². The van der Waals surface area contributed by atoms with Crippen LogP contribution >= 0.6 is 23.4 Å². The van der Waals surface area contributed by atoms with Gasteiger partial charge in [-0.25, -0.2) is 0 Å². The predicted octanol–water partition coefficient (Wildman–Crippen LogP) is 3.11. The summed E-state index contributed by atoms with van der Waals surface area (Å²) in [6, 6.07) is 4.96. The molecule has 1 heterocycles. The molecule has 0 aliphatic rings. The Labute approximate surface area is 107 Å². The first-order chi connectivity index (χ1) is 8.04. The molecule has 0 amide bonds. The minimum Gasteiger partial charge on any atom is -0.349 e. The Morgan fingerprint density at radius 1 is 1.41 bits per heavy atom. The summed E-state index contributed by atoms with van der Waals surface area (Å²) in [6.07, 6.45) is 1.81. The monoisotopic (exact) mass is 267 g/mol. The summed E-state index contributed by atoms with van der Waals surface area (Å²) in [5, 5.41) is 1.62. The molecule has 5 heteroatoms. The van der Waals surface area contributed by atoms with Crippen LogP contribution in [-0.2, 0) is 0 Å². The molecule has 1 N–H and O–H groups in total. The Morgan fingerprint density at radius 2 is 2.12 bits per heavy atom. The van der Waals surface area contributed by atoms with Crippen LogP contribution in [-0.4, -0.2) is 17.0 Å². The molecule has 1 aromatic heterocycles. The third-order valence-electron chi connectivity index (χ3n) is 2.48. The van der Waals surface area contributed by atoms with Gasteiger partial charge in [-0.05, 0) is 31.4 Å². The van der Waals surface area contributed by atoms with Gasteiger partial charge in [0, 0.05) is 10.4 Å². The topological polar surface area (TPSA) is 49.9 Å². The zero-order valence-electron chi connectivity index (χ0n) is 9.33. The number of carbonyl (C=O) groups is 1. The van der Waals surface area contributed by atoms with Gasteiger partial charge >= 0.3 is 0 Å². The van der Waals surface area contributed by atoms with E-state index < -0.39 is 0 Å². The quantitative estimate of drug-likeness (QED) is 0.672. The van der Waals surface area contributed by atoms with Crippen LogP contribution in [0.2, 0.25) is 5.02 Å². The van der Waals surface area contributed by atoms with Gasteiger partial charge in [0.25, 0.3) is 0 Å². The standard InChI is InChI=1S/C12H10ClNO2S/c1-6(15)10-11(16)8-4-3-7(13)5-9(8)14-12(10)17-2/h3-5H,1-2H3,(H,14,16). The SMILES string of the molecule is CSc1[nH]c2cc(Cl)ccc2c(=O)c1C(C)=O. The number of halogens is 1. The lowest BCUT2D eigenvalue weighted by molar-refractivity contribution is 0.101. The Bertz CT molecular complexity index is 663. The molecule has 0 atom stereocenters. The van der Waals surface area contributed by atoms with Gasteiger partial charge in [-0.3, -0.25) is 9.59 Å². The minimum absolute atomic E-state index is 0.215. The lowest BCUT2D eigenvalue weighted by Gasteiger charge is -2.07. The number of aromatic nitrogens is 1. The average molecular weight is 268 g/mol. The fourth-order valence-corrected chi connectivity index (χ4v) is 2.54. The maximum atomic E-state index is 12.2. The third kappa shape index (κ3) is 2.10. The lowest BCUT2D eigenvalue weighted by atomic mass is 10.1. The van der Waals surface area contributed by atoms with Crippen molar-refractivity contribution in [3.8, 4) is 0 Å². The molecular formula is C12H10ClNO2S. The van der Waals surface area contributed by atoms with Crippen molar-refractivity contribution in [3.63, 3.8) is 0 Å². The van der Waals surface area contributed by atoms with Crippen LogP contribution in [0, 0.1) is 0 Å². The Morgan fingerprint density at radius 3 is 2.71 bits per heavy atom. The van der Waals surface area contributed by atoms with Gasteiger partial charge in [0.15, 0.2) is 5.78 Å². The number of rotatable bonds is 2. The molecule has 0 bridgehead atoms. The Hall–Kier alpha value is -1.26. The van der Waals surface area contributed by atoms with Crippen LogP contribution in [0.5, 0.6) is 0 Å². The summed E-state index contributed by atoms with van der Waals surface area (Å²) in [5.41, 5.74) is 0.622. The average Bonchev–Trinajstić information content (AvgIpc) is 2.27. The van der Waals surface area contributed by atoms with E-state index in [2.05, 4.69) is 4.98 Å². The molecule has 0 unspecified atom stereocenters. The molecule has 3 nitrogen and oxygen atoms in total. The number of nitrogens with one attached hydrogen (secondary N) is 1. The van der Waals surface area contributed by atoms with E-state index in [0.717, 1.165) is 0 Å². The zero-order valence-corrected chi connectivity index (χ0v) is 10.9. The number of hydrogen-bond acceptors (Lipinski definition) is 3. The fraction of sp³-hybridized carbons (Fsp3) is 0.167. The van der Waals surface area contributed by atoms with E-state index in [4.69, 9.17) is 11.6 Å². The van der Waals surface area contributed by atoms with Gasteiger partial charge in [-0.1, -0.05) is 11.6 Å². The molecule has 0 aliphatic carbocycles.